The SMILES string of the molecule is CCOC(C)(C)CNC(=O)c1cc([N+](=O)[O-])ccc1NN. The van der Waals surface area contributed by atoms with E-state index in [0.29, 0.717) is 12.3 Å². The Labute approximate surface area is 122 Å². The van der Waals surface area contributed by atoms with Crippen LogP contribution in [0.3, 0.4) is 0 Å². The van der Waals surface area contributed by atoms with E-state index in [2.05, 4.69) is 10.7 Å². The summed E-state index contributed by atoms with van der Waals surface area (Å²) in [6, 6.07) is 3.84. The summed E-state index contributed by atoms with van der Waals surface area (Å²) in [5.74, 6) is 4.86. The molecule has 0 bridgehead atoms. The Morgan fingerprint density at radius 3 is 2.67 bits per heavy atom. The minimum Gasteiger partial charge on any atom is -0.374 e. The largest absolute Gasteiger partial charge is 0.374 e. The molecule has 0 radical (unpaired) electrons. The van der Waals surface area contributed by atoms with Gasteiger partial charge in [0.2, 0.25) is 0 Å². The predicted octanol–water partition coefficient (Wildman–Crippen LogP) is 1.43. The molecule has 1 aromatic carbocycles. The number of nitrogens with zero attached hydrogens (tertiary/aromatic N) is 1. The van der Waals surface area contributed by atoms with E-state index < -0.39 is 16.4 Å². The zero-order valence-electron chi connectivity index (χ0n) is 12.3. The molecule has 8 heteroatoms. The summed E-state index contributed by atoms with van der Waals surface area (Å²) in [5, 5.41) is 13.5. The van der Waals surface area contributed by atoms with Crippen LogP contribution in [0.25, 0.3) is 0 Å². The molecular formula is C13H20N4O4. The molecule has 0 saturated carbocycles. The zero-order chi connectivity index (χ0) is 16.0. The monoisotopic (exact) mass is 296 g/mol. The summed E-state index contributed by atoms with van der Waals surface area (Å²) < 4.78 is 5.47. The number of ether oxygens (including phenoxy) is 1. The summed E-state index contributed by atoms with van der Waals surface area (Å²) in [6.07, 6.45) is 0. The fraction of sp³-hybridized carbons (Fsp3) is 0.462. The van der Waals surface area contributed by atoms with E-state index in [1.165, 1.54) is 18.2 Å². The van der Waals surface area contributed by atoms with Gasteiger partial charge in [-0.2, -0.15) is 0 Å². The molecule has 0 fully saturated rings. The van der Waals surface area contributed by atoms with Crippen LogP contribution in [0.4, 0.5) is 11.4 Å². The summed E-state index contributed by atoms with van der Waals surface area (Å²) in [6.45, 7) is 6.33. The molecule has 1 rings (SSSR count). The van der Waals surface area contributed by atoms with Gasteiger partial charge in [0.25, 0.3) is 11.6 Å². The van der Waals surface area contributed by atoms with E-state index in [9.17, 15) is 14.9 Å². The number of nitro benzene ring substituents is 1. The average molecular weight is 296 g/mol. The second-order valence-corrected chi connectivity index (χ2v) is 5.01. The number of anilines is 1. The van der Waals surface area contributed by atoms with Gasteiger partial charge in [-0.3, -0.25) is 20.8 Å². The smallest absolute Gasteiger partial charge is 0.270 e. The Morgan fingerprint density at radius 1 is 1.48 bits per heavy atom. The van der Waals surface area contributed by atoms with E-state index >= 15 is 0 Å². The first-order valence-corrected chi connectivity index (χ1v) is 6.48. The van der Waals surface area contributed by atoms with E-state index in [-0.39, 0.29) is 17.8 Å². The van der Waals surface area contributed by atoms with Crippen LogP contribution in [-0.4, -0.2) is 29.6 Å². The van der Waals surface area contributed by atoms with Crippen LogP contribution in [0.5, 0.6) is 0 Å². The molecule has 0 saturated heterocycles. The van der Waals surface area contributed by atoms with Crippen molar-refractivity contribution < 1.29 is 14.5 Å². The topological polar surface area (TPSA) is 120 Å². The first-order chi connectivity index (χ1) is 9.80. The van der Waals surface area contributed by atoms with Crippen LogP contribution >= 0.6 is 0 Å². The number of non-ortho nitro benzene ring substituents is 1. The molecule has 0 unspecified atom stereocenters. The lowest BCUT2D eigenvalue weighted by Crippen LogP contribution is -2.40. The van der Waals surface area contributed by atoms with Gasteiger partial charge in [0.05, 0.1) is 21.8 Å². The first kappa shape index (κ1) is 16.9. The standard InChI is InChI=1S/C13H20N4O4/c1-4-21-13(2,3)8-15-12(18)10-7-9(17(19)20)5-6-11(10)16-14/h5-7,16H,4,8,14H2,1-3H3,(H,15,18). The van der Waals surface area contributed by atoms with Crippen LogP contribution < -0.4 is 16.6 Å². The lowest BCUT2D eigenvalue weighted by atomic mass is 10.1. The molecule has 0 aliphatic heterocycles. The summed E-state index contributed by atoms with van der Waals surface area (Å²) in [7, 11) is 0. The number of carbonyl (C=O) groups excluding carboxylic acids is 1. The third kappa shape index (κ3) is 4.69. The summed E-state index contributed by atoms with van der Waals surface area (Å²) in [5.41, 5.74) is 2.07. The van der Waals surface area contributed by atoms with Crippen molar-refractivity contribution in [2.45, 2.75) is 26.4 Å². The van der Waals surface area contributed by atoms with Crippen molar-refractivity contribution in [3.8, 4) is 0 Å². The van der Waals surface area contributed by atoms with Gasteiger partial charge in [0, 0.05) is 25.3 Å². The van der Waals surface area contributed by atoms with Gasteiger partial charge in [-0.05, 0) is 26.8 Å². The van der Waals surface area contributed by atoms with Crippen LogP contribution in [0.1, 0.15) is 31.1 Å². The molecule has 116 valence electrons. The highest BCUT2D eigenvalue weighted by Crippen LogP contribution is 2.21. The van der Waals surface area contributed by atoms with Crippen LogP contribution in [0.2, 0.25) is 0 Å². The Hall–Kier alpha value is -2.19. The number of rotatable bonds is 7. The maximum absolute atomic E-state index is 12.2. The molecule has 0 aliphatic carbocycles. The van der Waals surface area contributed by atoms with Crippen LogP contribution in [-0.2, 0) is 4.74 Å². The van der Waals surface area contributed by atoms with Gasteiger partial charge in [-0.25, -0.2) is 0 Å². The quantitative estimate of drug-likeness (QED) is 0.398. The van der Waals surface area contributed by atoms with Crippen molar-refractivity contribution in [3.63, 3.8) is 0 Å². The molecule has 0 aromatic heterocycles. The van der Waals surface area contributed by atoms with E-state index in [0.717, 1.165) is 0 Å². The third-order valence-electron chi connectivity index (χ3n) is 2.82. The molecule has 8 nitrogen and oxygen atoms in total. The van der Waals surface area contributed by atoms with Crippen molar-refractivity contribution in [1.29, 1.82) is 0 Å². The van der Waals surface area contributed by atoms with Crippen molar-refractivity contribution in [1.82, 2.24) is 5.32 Å². The van der Waals surface area contributed by atoms with E-state index in [1.807, 2.05) is 20.8 Å². The van der Waals surface area contributed by atoms with Gasteiger partial charge < -0.3 is 15.5 Å². The van der Waals surface area contributed by atoms with Crippen molar-refractivity contribution >= 4 is 17.3 Å². The fourth-order valence-electron chi connectivity index (χ4n) is 1.79. The van der Waals surface area contributed by atoms with Gasteiger partial charge in [0.1, 0.15) is 0 Å². The second-order valence-electron chi connectivity index (χ2n) is 5.01. The Kier molecular flexibility index (Phi) is 5.62. The summed E-state index contributed by atoms with van der Waals surface area (Å²) in [4.78, 5) is 22.4. The predicted molar refractivity (Wildman–Crippen MR) is 78.9 cm³/mol. The van der Waals surface area contributed by atoms with E-state index in [1.54, 1.807) is 0 Å². The van der Waals surface area contributed by atoms with Gasteiger partial charge in [-0.1, -0.05) is 0 Å². The number of nitrogens with one attached hydrogen (secondary N) is 2. The molecule has 1 aromatic rings. The van der Waals surface area contributed by atoms with E-state index in [4.69, 9.17) is 10.6 Å². The average Bonchev–Trinajstić information content (AvgIpc) is 2.44. The number of nitrogen functional groups attached to an aromatic ring is 1. The number of carbonyl (C=O) groups is 1. The lowest BCUT2D eigenvalue weighted by Gasteiger charge is -2.25. The molecule has 0 heterocycles. The van der Waals surface area contributed by atoms with Crippen molar-refractivity contribution in [2.75, 3.05) is 18.6 Å². The molecular weight excluding hydrogens is 276 g/mol. The molecule has 0 atom stereocenters. The summed E-state index contributed by atoms with van der Waals surface area (Å²) >= 11 is 0. The normalized spacial score (nSPS) is 11.0. The second kappa shape index (κ2) is 7.00. The minimum atomic E-state index is -0.568. The van der Waals surface area contributed by atoms with Gasteiger partial charge >= 0.3 is 0 Å². The highest BCUT2D eigenvalue weighted by Gasteiger charge is 2.21. The zero-order valence-corrected chi connectivity index (χ0v) is 12.3. The molecule has 0 spiro atoms. The highest BCUT2D eigenvalue weighted by atomic mass is 16.6. The number of hydrogen-bond donors (Lipinski definition) is 3. The highest BCUT2D eigenvalue weighted by molar-refractivity contribution is 6.00. The van der Waals surface area contributed by atoms with Crippen molar-refractivity contribution in [3.05, 3.63) is 33.9 Å². The minimum absolute atomic E-state index is 0.110. The maximum Gasteiger partial charge on any atom is 0.270 e. The Bertz CT molecular complexity index is 531. The molecule has 0 aliphatic rings. The van der Waals surface area contributed by atoms with Crippen LogP contribution in [0.15, 0.2) is 18.2 Å². The maximum atomic E-state index is 12.2. The van der Waals surface area contributed by atoms with Gasteiger partial charge in [-0.15, -0.1) is 0 Å². The fourth-order valence-corrected chi connectivity index (χ4v) is 1.79. The van der Waals surface area contributed by atoms with Gasteiger partial charge in [0.15, 0.2) is 0 Å². The molecule has 1 amide bonds. The Morgan fingerprint density at radius 2 is 2.14 bits per heavy atom. The lowest BCUT2D eigenvalue weighted by molar-refractivity contribution is -0.384. The number of hydrogen-bond acceptors (Lipinski definition) is 6. The number of nitrogens with two attached hydrogens (primary N) is 1. The number of hydrazine groups is 1. The van der Waals surface area contributed by atoms with Crippen LogP contribution in [0, 0.1) is 10.1 Å². The Balaban J connectivity index is 2.90. The first-order valence-electron chi connectivity index (χ1n) is 6.48. The number of nitro groups is 1. The van der Waals surface area contributed by atoms with Crippen molar-refractivity contribution in [2.24, 2.45) is 5.84 Å². The molecule has 21 heavy (non-hydrogen) atoms. The number of amides is 1. The third-order valence-corrected chi connectivity index (χ3v) is 2.82. The number of benzene rings is 1. The molecule has 4 N–H and O–H groups in total.